The Balaban J connectivity index is 1.74. The maximum atomic E-state index is 13.4. The van der Waals surface area contributed by atoms with Crippen LogP contribution in [0.1, 0.15) is 11.5 Å². The third-order valence-electron chi connectivity index (χ3n) is 3.89. The van der Waals surface area contributed by atoms with E-state index in [9.17, 15) is 9.18 Å². The molecule has 1 saturated heterocycles. The van der Waals surface area contributed by atoms with E-state index in [-0.39, 0.29) is 22.8 Å². The summed E-state index contributed by atoms with van der Waals surface area (Å²) in [6.07, 6.45) is 3.69. The zero-order valence-corrected chi connectivity index (χ0v) is 12.8. The van der Waals surface area contributed by atoms with Gasteiger partial charge in [-0.2, -0.15) is 5.10 Å². The molecule has 0 spiro atoms. The highest BCUT2D eigenvalue weighted by Gasteiger charge is 2.34. The zero-order valence-electron chi connectivity index (χ0n) is 12.0. The van der Waals surface area contributed by atoms with Gasteiger partial charge >= 0.3 is 0 Å². The van der Waals surface area contributed by atoms with Gasteiger partial charge in [-0.05, 0) is 23.8 Å². The van der Waals surface area contributed by atoms with Crippen molar-refractivity contribution in [2.45, 2.75) is 5.92 Å². The summed E-state index contributed by atoms with van der Waals surface area (Å²) < 4.78 is 15.2. The molecule has 5 nitrogen and oxygen atoms in total. The standard InChI is InChI=1S/C15H16ClFN4O/c1-21-8-9(5-19-21)11-6-18-7-12(11)15(22)20-10-2-3-13(16)14(17)4-10/h2-5,8,11-12,18H,6-7H2,1H3,(H,20,22)/t11-,12+/m1/s1. The summed E-state index contributed by atoms with van der Waals surface area (Å²) in [5, 5.41) is 10.2. The van der Waals surface area contributed by atoms with Crippen LogP contribution in [0.25, 0.3) is 0 Å². The number of nitrogens with zero attached hydrogens (tertiary/aromatic N) is 2. The molecule has 1 amide bonds. The van der Waals surface area contributed by atoms with Crippen LogP contribution in [0, 0.1) is 11.7 Å². The number of anilines is 1. The first kappa shape index (κ1) is 15.0. The third-order valence-corrected chi connectivity index (χ3v) is 4.20. The van der Waals surface area contributed by atoms with Gasteiger partial charge in [0.2, 0.25) is 5.91 Å². The minimum absolute atomic E-state index is 0.0359. The average molecular weight is 323 g/mol. The maximum absolute atomic E-state index is 13.4. The van der Waals surface area contributed by atoms with E-state index in [4.69, 9.17) is 11.6 Å². The summed E-state index contributed by atoms with van der Waals surface area (Å²) in [5.74, 6) is -0.845. The topological polar surface area (TPSA) is 59.0 Å². The molecule has 3 rings (SSSR count). The van der Waals surface area contributed by atoms with Crippen LogP contribution in [-0.2, 0) is 11.8 Å². The Morgan fingerprint density at radius 3 is 3.00 bits per heavy atom. The van der Waals surface area contributed by atoms with Crippen molar-refractivity contribution in [3.8, 4) is 0 Å². The Morgan fingerprint density at radius 1 is 1.50 bits per heavy atom. The Labute approximate surface area is 132 Å². The number of nitrogens with one attached hydrogen (secondary N) is 2. The van der Waals surface area contributed by atoms with E-state index in [1.54, 1.807) is 16.9 Å². The quantitative estimate of drug-likeness (QED) is 0.910. The van der Waals surface area contributed by atoms with Gasteiger partial charge in [0.1, 0.15) is 5.82 Å². The molecule has 0 radical (unpaired) electrons. The molecule has 2 heterocycles. The molecule has 0 aliphatic carbocycles. The number of amides is 1. The molecule has 1 aliphatic heterocycles. The molecule has 1 aromatic heterocycles. The van der Waals surface area contributed by atoms with Gasteiger partial charge in [0.15, 0.2) is 0 Å². The number of aromatic nitrogens is 2. The van der Waals surface area contributed by atoms with Gasteiger partial charge in [-0.3, -0.25) is 9.48 Å². The number of halogens is 2. The highest BCUT2D eigenvalue weighted by molar-refractivity contribution is 6.30. The first-order chi connectivity index (χ1) is 10.5. The number of rotatable bonds is 3. The van der Waals surface area contributed by atoms with Gasteiger partial charge in [0.05, 0.1) is 17.1 Å². The van der Waals surface area contributed by atoms with E-state index in [0.717, 1.165) is 12.1 Å². The Hall–Kier alpha value is -1.92. The van der Waals surface area contributed by atoms with Crippen molar-refractivity contribution in [2.24, 2.45) is 13.0 Å². The second-order valence-corrected chi connectivity index (χ2v) is 5.84. The normalized spacial score (nSPS) is 21.0. The fourth-order valence-corrected chi connectivity index (χ4v) is 2.86. The van der Waals surface area contributed by atoms with E-state index in [1.807, 2.05) is 13.2 Å². The lowest BCUT2D eigenvalue weighted by Crippen LogP contribution is -2.28. The molecule has 22 heavy (non-hydrogen) atoms. The molecule has 0 bridgehead atoms. The number of carbonyl (C=O) groups excluding carboxylic acids is 1. The first-order valence-corrected chi connectivity index (χ1v) is 7.37. The molecule has 2 atom stereocenters. The fraction of sp³-hybridized carbons (Fsp3) is 0.333. The molecular weight excluding hydrogens is 307 g/mol. The SMILES string of the molecule is Cn1cc([C@H]2CNC[C@@H]2C(=O)Nc2ccc(Cl)c(F)c2)cn1. The zero-order chi connectivity index (χ0) is 15.7. The second-order valence-electron chi connectivity index (χ2n) is 5.44. The fourth-order valence-electron chi connectivity index (χ4n) is 2.74. The van der Waals surface area contributed by atoms with Gasteiger partial charge in [-0.15, -0.1) is 0 Å². The first-order valence-electron chi connectivity index (χ1n) is 7.00. The van der Waals surface area contributed by atoms with Crippen molar-refractivity contribution in [1.29, 1.82) is 0 Å². The van der Waals surface area contributed by atoms with Crippen LogP contribution >= 0.6 is 11.6 Å². The molecule has 1 aromatic carbocycles. The van der Waals surface area contributed by atoms with Crippen LogP contribution in [0.5, 0.6) is 0 Å². The summed E-state index contributed by atoms with van der Waals surface area (Å²) in [5.41, 5.74) is 1.43. The number of hydrogen-bond acceptors (Lipinski definition) is 3. The Morgan fingerprint density at radius 2 is 2.32 bits per heavy atom. The molecular formula is C15H16ClFN4O. The van der Waals surface area contributed by atoms with E-state index in [2.05, 4.69) is 15.7 Å². The summed E-state index contributed by atoms with van der Waals surface area (Å²) in [6.45, 7) is 1.31. The largest absolute Gasteiger partial charge is 0.326 e. The molecule has 2 aromatic rings. The van der Waals surface area contributed by atoms with Crippen LogP contribution in [0.3, 0.4) is 0 Å². The lowest BCUT2D eigenvalue weighted by Gasteiger charge is -2.17. The van der Waals surface area contributed by atoms with Crippen LogP contribution in [0.2, 0.25) is 5.02 Å². The van der Waals surface area contributed by atoms with Crippen molar-refractivity contribution in [1.82, 2.24) is 15.1 Å². The second kappa shape index (κ2) is 6.06. The number of carbonyl (C=O) groups is 1. The van der Waals surface area contributed by atoms with Gasteiger partial charge < -0.3 is 10.6 Å². The molecule has 1 fully saturated rings. The summed E-state index contributed by atoms with van der Waals surface area (Å²) in [7, 11) is 1.84. The predicted octanol–water partition coefficient (Wildman–Crippen LogP) is 2.15. The number of aryl methyl sites for hydroxylation is 1. The molecule has 1 aliphatic rings. The minimum atomic E-state index is -0.548. The van der Waals surface area contributed by atoms with Crippen molar-refractivity contribution in [3.63, 3.8) is 0 Å². The summed E-state index contributed by atoms with van der Waals surface area (Å²) >= 11 is 5.64. The smallest absolute Gasteiger partial charge is 0.229 e. The maximum Gasteiger partial charge on any atom is 0.229 e. The van der Waals surface area contributed by atoms with Gasteiger partial charge in [-0.1, -0.05) is 11.6 Å². The van der Waals surface area contributed by atoms with Crippen molar-refractivity contribution in [2.75, 3.05) is 18.4 Å². The van der Waals surface area contributed by atoms with Gasteiger partial charge in [0, 0.05) is 37.9 Å². The van der Waals surface area contributed by atoms with E-state index in [0.29, 0.717) is 12.2 Å². The third kappa shape index (κ3) is 2.98. The summed E-state index contributed by atoms with van der Waals surface area (Å²) in [6, 6.07) is 4.24. The highest BCUT2D eigenvalue weighted by Crippen LogP contribution is 2.29. The summed E-state index contributed by atoms with van der Waals surface area (Å²) in [4.78, 5) is 12.5. The van der Waals surface area contributed by atoms with Crippen LogP contribution in [0.4, 0.5) is 10.1 Å². The van der Waals surface area contributed by atoms with Crippen molar-refractivity contribution >= 4 is 23.2 Å². The molecule has 0 saturated carbocycles. The lowest BCUT2D eigenvalue weighted by molar-refractivity contribution is -0.119. The van der Waals surface area contributed by atoms with Crippen LogP contribution in [0.15, 0.2) is 30.6 Å². The minimum Gasteiger partial charge on any atom is -0.326 e. The molecule has 7 heteroatoms. The van der Waals surface area contributed by atoms with E-state index < -0.39 is 5.82 Å². The molecule has 2 N–H and O–H groups in total. The van der Waals surface area contributed by atoms with Gasteiger partial charge in [0.25, 0.3) is 0 Å². The Kier molecular flexibility index (Phi) is 4.13. The highest BCUT2D eigenvalue weighted by atomic mass is 35.5. The van der Waals surface area contributed by atoms with Crippen LogP contribution < -0.4 is 10.6 Å². The average Bonchev–Trinajstić information content (AvgIpc) is 3.11. The van der Waals surface area contributed by atoms with E-state index in [1.165, 1.54) is 12.1 Å². The molecule has 0 unspecified atom stereocenters. The Bertz CT molecular complexity index is 703. The van der Waals surface area contributed by atoms with Gasteiger partial charge in [-0.25, -0.2) is 4.39 Å². The number of benzene rings is 1. The van der Waals surface area contributed by atoms with Crippen molar-refractivity contribution < 1.29 is 9.18 Å². The van der Waals surface area contributed by atoms with E-state index >= 15 is 0 Å². The number of hydrogen-bond donors (Lipinski definition) is 2. The lowest BCUT2D eigenvalue weighted by atomic mass is 9.90. The monoisotopic (exact) mass is 322 g/mol. The van der Waals surface area contributed by atoms with Crippen molar-refractivity contribution in [3.05, 3.63) is 47.0 Å². The van der Waals surface area contributed by atoms with Crippen LogP contribution in [-0.4, -0.2) is 28.8 Å². The molecule has 116 valence electrons. The predicted molar refractivity (Wildman–Crippen MR) is 82.3 cm³/mol.